The van der Waals surface area contributed by atoms with Crippen LogP contribution in [0.5, 0.6) is 17.2 Å². The summed E-state index contributed by atoms with van der Waals surface area (Å²) in [6.07, 6.45) is 5.12. The Morgan fingerprint density at radius 1 is 1.10 bits per heavy atom. The molecule has 2 aliphatic heterocycles. The van der Waals surface area contributed by atoms with Crippen molar-refractivity contribution in [3.63, 3.8) is 0 Å². The second-order valence-corrected chi connectivity index (χ2v) is 7.84. The van der Waals surface area contributed by atoms with Gasteiger partial charge in [-0.3, -0.25) is 0 Å². The maximum Gasteiger partial charge on any atom is 0.226 e. The molecule has 0 aliphatic carbocycles. The lowest BCUT2D eigenvalue weighted by Gasteiger charge is -2.43. The number of anilines is 1. The smallest absolute Gasteiger partial charge is 0.226 e. The zero-order chi connectivity index (χ0) is 20.6. The number of ether oxygens (including phenoxy) is 3. The standard InChI is InChI=1S/C24H30N2O3/c1-6-8-19-18-12-16(3)9-10-20(18)26(11-7-2)24(19)15-25-23-21(28-5)13-17(27-4)14-22(23)29-24/h9-10,12-15,19H,6-8,11H2,1-5H3. The van der Waals surface area contributed by atoms with Crippen molar-refractivity contribution in [3.05, 3.63) is 41.5 Å². The third kappa shape index (κ3) is 3.04. The van der Waals surface area contributed by atoms with E-state index < -0.39 is 5.72 Å². The third-order valence-corrected chi connectivity index (χ3v) is 5.92. The number of rotatable bonds is 6. The van der Waals surface area contributed by atoms with Crippen molar-refractivity contribution in [2.24, 2.45) is 4.99 Å². The number of methoxy groups -OCH3 is 2. The fourth-order valence-electron chi connectivity index (χ4n) is 4.65. The van der Waals surface area contributed by atoms with Crippen LogP contribution in [0.4, 0.5) is 11.4 Å². The first-order chi connectivity index (χ1) is 14.1. The van der Waals surface area contributed by atoms with Gasteiger partial charge in [0.25, 0.3) is 0 Å². The largest absolute Gasteiger partial charge is 0.496 e. The molecule has 2 aromatic rings. The molecule has 0 aromatic heterocycles. The Hall–Kier alpha value is -2.69. The molecule has 0 N–H and O–H groups in total. The van der Waals surface area contributed by atoms with Gasteiger partial charge in [-0.05, 0) is 31.4 Å². The first kappa shape index (κ1) is 19.6. The number of hydrogen-bond donors (Lipinski definition) is 0. The molecule has 0 bridgehead atoms. The van der Waals surface area contributed by atoms with Gasteiger partial charge >= 0.3 is 0 Å². The molecule has 1 spiro atoms. The SMILES string of the molecule is CCCC1c2cc(C)ccc2N(CCC)C12C=Nc1c(OC)cc(OC)cc1O2. The maximum absolute atomic E-state index is 6.83. The predicted octanol–water partition coefficient (Wildman–Crippen LogP) is 5.62. The van der Waals surface area contributed by atoms with Crippen LogP contribution in [-0.2, 0) is 0 Å². The van der Waals surface area contributed by atoms with Gasteiger partial charge in [-0.15, -0.1) is 0 Å². The number of aliphatic imine (C=N–C) groups is 1. The van der Waals surface area contributed by atoms with Crippen molar-refractivity contribution < 1.29 is 14.2 Å². The Labute approximate surface area is 173 Å². The number of nitrogens with zero attached hydrogens (tertiary/aromatic N) is 2. The summed E-state index contributed by atoms with van der Waals surface area (Å²) in [4.78, 5) is 7.26. The molecule has 0 radical (unpaired) electrons. The Bertz CT molecular complexity index is 940. The minimum absolute atomic E-state index is 0.211. The van der Waals surface area contributed by atoms with E-state index in [1.807, 2.05) is 18.3 Å². The lowest BCUT2D eigenvalue weighted by Crippen LogP contribution is -2.56. The van der Waals surface area contributed by atoms with Crippen LogP contribution in [0.25, 0.3) is 0 Å². The van der Waals surface area contributed by atoms with Crippen molar-refractivity contribution in [1.29, 1.82) is 0 Å². The Kier molecular flexibility index (Phi) is 5.15. The van der Waals surface area contributed by atoms with E-state index in [1.165, 1.54) is 16.8 Å². The van der Waals surface area contributed by atoms with Crippen LogP contribution in [0.3, 0.4) is 0 Å². The minimum atomic E-state index is -0.632. The van der Waals surface area contributed by atoms with Crippen molar-refractivity contribution in [3.8, 4) is 17.2 Å². The minimum Gasteiger partial charge on any atom is -0.496 e. The van der Waals surface area contributed by atoms with Crippen LogP contribution in [0.15, 0.2) is 35.3 Å². The summed E-state index contributed by atoms with van der Waals surface area (Å²) in [6, 6.07) is 10.5. The summed E-state index contributed by atoms with van der Waals surface area (Å²) in [5, 5.41) is 0. The van der Waals surface area contributed by atoms with Crippen LogP contribution in [0.2, 0.25) is 0 Å². The normalized spacial score (nSPS) is 21.7. The number of hydrogen-bond acceptors (Lipinski definition) is 5. The molecule has 2 atom stereocenters. The van der Waals surface area contributed by atoms with Gasteiger partial charge in [0.1, 0.15) is 11.4 Å². The topological polar surface area (TPSA) is 43.3 Å². The second-order valence-electron chi connectivity index (χ2n) is 7.84. The van der Waals surface area contributed by atoms with E-state index >= 15 is 0 Å². The Morgan fingerprint density at radius 3 is 2.62 bits per heavy atom. The zero-order valence-corrected chi connectivity index (χ0v) is 18.0. The summed E-state index contributed by atoms with van der Waals surface area (Å²) in [6.45, 7) is 7.48. The number of aryl methyl sites for hydroxylation is 1. The summed E-state index contributed by atoms with van der Waals surface area (Å²) in [5.74, 6) is 2.28. The summed E-state index contributed by atoms with van der Waals surface area (Å²) >= 11 is 0. The molecule has 0 fully saturated rings. The van der Waals surface area contributed by atoms with Gasteiger partial charge in [-0.25, -0.2) is 4.99 Å². The summed E-state index contributed by atoms with van der Waals surface area (Å²) in [7, 11) is 3.30. The van der Waals surface area contributed by atoms with Crippen LogP contribution in [0.1, 0.15) is 50.2 Å². The highest BCUT2D eigenvalue weighted by Gasteiger charge is 2.53. The van der Waals surface area contributed by atoms with E-state index in [0.29, 0.717) is 17.2 Å². The van der Waals surface area contributed by atoms with E-state index in [-0.39, 0.29) is 5.92 Å². The molecule has 2 unspecified atom stereocenters. The first-order valence-corrected chi connectivity index (χ1v) is 10.5. The molecule has 29 heavy (non-hydrogen) atoms. The molecular weight excluding hydrogens is 364 g/mol. The van der Waals surface area contributed by atoms with Gasteiger partial charge in [0, 0.05) is 24.4 Å². The fourth-order valence-corrected chi connectivity index (χ4v) is 4.65. The number of benzene rings is 2. The van der Waals surface area contributed by atoms with E-state index in [0.717, 1.165) is 31.5 Å². The van der Waals surface area contributed by atoms with Gasteiger partial charge in [0.15, 0.2) is 11.5 Å². The van der Waals surface area contributed by atoms with Gasteiger partial charge in [-0.1, -0.05) is 38.0 Å². The van der Waals surface area contributed by atoms with Crippen molar-refractivity contribution in [1.82, 2.24) is 0 Å². The van der Waals surface area contributed by atoms with Crippen molar-refractivity contribution in [2.45, 2.75) is 51.7 Å². The van der Waals surface area contributed by atoms with Crippen molar-refractivity contribution in [2.75, 3.05) is 25.7 Å². The fraction of sp³-hybridized carbons (Fsp3) is 0.458. The average molecular weight is 395 g/mol. The molecule has 0 amide bonds. The molecule has 0 saturated carbocycles. The van der Waals surface area contributed by atoms with Crippen LogP contribution in [0, 0.1) is 6.92 Å². The van der Waals surface area contributed by atoms with Crippen LogP contribution < -0.4 is 19.1 Å². The number of fused-ring (bicyclic) bond motifs is 2. The molecule has 2 heterocycles. The lowest BCUT2D eigenvalue weighted by atomic mass is 9.87. The van der Waals surface area contributed by atoms with Gasteiger partial charge < -0.3 is 19.1 Å². The quantitative estimate of drug-likeness (QED) is 0.638. The van der Waals surface area contributed by atoms with Gasteiger partial charge in [-0.2, -0.15) is 0 Å². The maximum atomic E-state index is 6.83. The molecule has 0 saturated heterocycles. The van der Waals surface area contributed by atoms with Gasteiger partial charge in [0.2, 0.25) is 5.72 Å². The van der Waals surface area contributed by atoms with E-state index in [2.05, 4.69) is 43.9 Å². The highest BCUT2D eigenvalue weighted by Crippen LogP contribution is 2.54. The molecule has 2 aromatic carbocycles. The highest BCUT2D eigenvalue weighted by molar-refractivity contribution is 5.88. The monoisotopic (exact) mass is 394 g/mol. The van der Waals surface area contributed by atoms with Crippen LogP contribution in [-0.4, -0.2) is 32.7 Å². The molecule has 154 valence electrons. The third-order valence-electron chi connectivity index (χ3n) is 5.92. The molecule has 4 rings (SSSR count). The van der Waals surface area contributed by atoms with E-state index in [1.54, 1.807) is 14.2 Å². The van der Waals surface area contributed by atoms with Crippen molar-refractivity contribution >= 4 is 17.6 Å². The van der Waals surface area contributed by atoms with Gasteiger partial charge in [0.05, 0.1) is 26.4 Å². The highest BCUT2D eigenvalue weighted by atomic mass is 16.5. The summed E-state index contributed by atoms with van der Waals surface area (Å²) in [5.41, 5.74) is 3.96. The van der Waals surface area contributed by atoms with E-state index in [4.69, 9.17) is 19.2 Å². The lowest BCUT2D eigenvalue weighted by molar-refractivity contribution is 0.112. The molecule has 5 nitrogen and oxygen atoms in total. The molecule has 5 heteroatoms. The average Bonchev–Trinajstić information content (AvgIpc) is 2.96. The first-order valence-electron chi connectivity index (χ1n) is 10.5. The zero-order valence-electron chi connectivity index (χ0n) is 18.0. The van der Waals surface area contributed by atoms with E-state index in [9.17, 15) is 0 Å². The molecular formula is C24H30N2O3. The molecule has 2 aliphatic rings. The Balaban J connectivity index is 1.88. The Morgan fingerprint density at radius 2 is 1.93 bits per heavy atom. The summed E-state index contributed by atoms with van der Waals surface area (Å²) < 4.78 is 17.9. The second kappa shape index (κ2) is 7.62. The van der Waals surface area contributed by atoms with Crippen LogP contribution >= 0.6 is 0 Å². The predicted molar refractivity (Wildman–Crippen MR) is 118 cm³/mol.